The van der Waals surface area contributed by atoms with E-state index in [0.717, 1.165) is 35.7 Å². The maximum atomic E-state index is 11.2. The van der Waals surface area contributed by atoms with Crippen LogP contribution in [0.2, 0.25) is 0 Å². The molecule has 3 N–H and O–H groups in total. The molecule has 3 heterocycles. The molecule has 2 aromatic heterocycles. The topological polar surface area (TPSA) is 105 Å². The van der Waals surface area contributed by atoms with Crippen molar-refractivity contribution in [3.8, 4) is 5.82 Å². The van der Waals surface area contributed by atoms with Gasteiger partial charge in [-0.3, -0.25) is 4.57 Å². The summed E-state index contributed by atoms with van der Waals surface area (Å²) in [5.41, 5.74) is 1.91. The lowest BCUT2D eigenvalue weighted by molar-refractivity contribution is 0.597. The summed E-state index contributed by atoms with van der Waals surface area (Å²) in [4.78, 5) is 13.9. The molecule has 0 amide bonds. The van der Waals surface area contributed by atoms with Gasteiger partial charge in [0.25, 0.3) is 0 Å². The number of imidazole rings is 1. The number of benzene rings is 1. The Morgan fingerprint density at radius 1 is 1.17 bits per heavy atom. The number of hydrogen-bond acceptors (Lipinski definition) is 6. The predicted molar refractivity (Wildman–Crippen MR) is 86.9 cm³/mol. The van der Waals surface area contributed by atoms with Crippen molar-refractivity contribution in [3.05, 3.63) is 54.2 Å². The van der Waals surface area contributed by atoms with Gasteiger partial charge in [0, 0.05) is 36.3 Å². The van der Waals surface area contributed by atoms with Crippen molar-refractivity contribution in [2.45, 2.75) is 17.7 Å². The van der Waals surface area contributed by atoms with Crippen molar-refractivity contribution >= 4 is 23.0 Å². The molecule has 0 saturated carbocycles. The average Bonchev–Trinajstić information content (AvgIpc) is 3.04. The molecule has 1 atom stereocenters. The van der Waals surface area contributed by atoms with E-state index < -0.39 is 11.4 Å². The third kappa shape index (κ3) is 2.67. The lowest BCUT2D eigenvalue weighted by atomic mass is 10.1. The molecule has 0 bridgehead atoms. The van der Waals surface area contributed by atoms with Crippen LogP contribution >= 0.6 is 0 Å². The number of nitrogens with one attached hydrogen (secondary N) is 1. The van der Waals surface area contributed by atoms with E-state index in [1.165, 1.54) is 0 Å². The summed E-state index contributed by atoms with van der Waals surface area (Å²) in [5, 5.41) is 8.49. The first-order valence-corrected chi connectivity index (χ1v) is 8.34. The SMILES string of the molecule is N[S+]([O-])c1ccc(Nc2ncc3c(n2)-n2ccnc2CC3)cc1. The van der Waals surface area contributed by atoms with Gasteiger partial charge in [-0.1, -0.05) is 0 Å². The molecule has 1 aliphatic heterocycles. The number of anilines is 2. The quantitative estimate of drug-likeness (QED) is 0.707. The Balaban J connectivity index is 1.63. The van der Waals surface area contributed by atoms with Crippen LogP contribution in [0.25, 0.3) is 5.82 Å². The monoisotopic (exact) mass is 326 g/mol. The molecule has 1 aliphatic rings. The van der Waals surface area contributed by atoms with E-state index in [2.05, 4.69) is 20.3 Å². The van der Waals surface area contributed by atoms with E-state index in [1.54, 1.807) is 30.5 Å². The van der Waals surface area contributed by atoms with Gasteiger partial charge in [-0.05, 0) is 30.7 Å². The lowest BCUT2D eigenvalue weighted by Crippen LogP contribution is -2.15. The number of fused-ring (bicyclic) bond motifs is 3. The van der Waals surface area contributed by atoms with Gasteiger partial charge < -0.3 is 9.87 Å². The maximum absolute atomic E-state index is 11.2. The van der Waals surface area contributed by atoms with Crippen molar-refractivity contribution in [3.63, 3.8) is 0 Å². The van der Waals surface area contributed by atoms with E-state index in [-0.39, 0.29) is 0 Å². The normalized spacial score (nSPS) is 14.0. The van der Waals surface area contributed by atoms with Crippen molar-refractivity contribution in [1.82, 2.24) is 19.5 Å². The number of hydrogen-bond donors (Lipinski definition) is 2. The Hall–Kier alpha value is -2.42. The van der Waals surface area contributed by atoms with Gasteiger partial charge in [-0.15, -0.1) is 5.14 Å². The van der Waals surface area contributed by atoms with E-state index in [4.69, 9.17) is 5.14 Å². The average molecular weight is 326 g/mol. The second-order valence-corrected chi connectivity index (χ2v) is 6.27. The highest BCUT2D eigenvalue weighted by atomic mass is 32.2. The molecule has 0 spiro atoms. The second-order valence-electron chi connectivity index (χ2n) is 5.20. The molecule has 3 aromatic rings. The highest BCUT2D eigenvalue weighted by molar-refractivity contribution is 7.89. The van der Waals surface area contributed by atoms with E-state index in [9.17, 15) is 4.55 Å². The zero-order valence-corrected chi connectivity index (χ0v) is 13.0. The van der Waals surface area contributed by atoms with Crippen molar-refractivity contribution in [1.29, 1.82) is 0 Å². The molecular weight excluding hydrogens is 312 g/mol. The Morgan fingerprint density at radius 3 is 2.78 bits per heavy atom. The second kappa shape index (κ2) is 5.65. The fourth-order valence-corrected chi connectivity index (χ4v) is 3.01. The van der Waals surface area contributed by atoms with E-state index in [0.29, 0.717) is 10.8 Å². The van der Waals surface area contributed by atoms with Gasteiger partial charge in [-0.2, -0.15) is 4.98 Å². The van der Waals surface area contributed by atoms with Crippen LogP contribution in [-0.2, 0) is 24.2 Å². The molecule has 0 fully saturated rings. The number of rotatable bonds is 3. The summed E-state index contributed by atoms with van der Waals surface area (Å²) in [6, 6.07) is 7.02. The first-order chi connectivity index (χ1) is 11.2. The third-order valence-electron chi connectivity index (χ3n) is 3.75. The van der Waals surface area contributed by atoms with Crippen LogP contribution < -0.4 is 10.5 Å². The molecule has 8 heteroatoms. The summed E-state index contributed by atoms with van der Waals surface area (Å²) in [6.07, 6.45) is 7.33. The lowest BCUT2D eigenvalue weighted by Gasteiger charge is -2.17. The minimum atomic E-state index is -1.48. The number of aryl methyl sites for hydroxylation is 2. The molecule has 4 rings (SSSR count). The van der Waals surface area contributed by atoms with Gasteiger partial charge in [-0.25, -0.2) is 9.97 Å². The van der Waals surface area contributed by atoms with Crippen molar-refractivity contribution in [2.75, 3.05) is 5.32 Å². The van der Waals surface area contributed by atoms with Gasteiger partial charge >= 0.3 is 0 Å². The molecule has 0 aliphatic carbocycles. The van der Waals surface area contributed by atoms with Crippen LogP contribution in [-0.4, -0.2) is 24.1 Å². The minimum Gasteiger partial charge on any atom is -0.593 e. The van der Waals surface area contributed by atoms with E-state index in [1.807, 2.05) is 17.0 Å². The Morgan fingerprint density at radius 2 is 2.00 bits per heavy atom. The van der Waals surface area contributed by atoms with Crippen LogP contribution in [0.5, 0.6) is 0 Å². The minimum absolute atomic E-state index is 0.506. The molecule has 1 unspecified atom stereocenters. The van der Waals surface area contributed by atoms with E-state index >= 15 is 0 Å². The first-order valence-electron chi connectivity index (χ1n) is 7.12. The maximum Gasteiger partial charge on any atom is 0.229 e. The van der Waals surface area contributed by atoms with Gasteiger partial charge in [0.15, 0.2) is 4.90 Å². The van der Waals surface area contributed by atoms with Crippen LogP contribution in [0, 0.1) is 0 Å². The fraction of sp³-hybridized carbons (Fsp3) is 0.133. The van der Waals surface area contributed by atoms with Crippen LogP contribution in [0.15, 0.2) is 47.8 Å². The molecule has 0 radical (unpaired) electrons. The smallest absolute Gasteiger partial charge is 0.229 e. The third-order valence-corrected chi connectivity index (χ3v) is 4.48. The molecule has 0 saturated heterocycles. The van der Waals surface area contributed by atoms with Gasteiger partial charge in [0.1, 0.15) is 11.6 Å². The van der Waals surface area contributed by atoms with Gasteiger partial charge in [0.05, 0.1) is 11.4 Å². The fourth-order valence-electron chi connectivity index (χ4n) is 2.60. The standard InChI is InChI=1S/C15H14N6OS/c16-23(22)12-4-2-11(3-5-12)19-15-18-9-10-1-6-13-17-7-8-21(13)14(10)20-15/h2-5,7-9H,1,6,16H2,(H,18,19,20). The van der Waals surface area contributed by atoms with Crippen LogP contribution in [0.4, 0.5) is 11.6 Å². The summed E-state index contributed by atoms with van der Waals surface area (Å²) in [6.45, 7) is 0. The highest BCUT2D eigenvalue weighted by Gasteiger charge is 2.18. The van der Waals surface area contributed by atoms with Crippen molar-refractivity contribution < 1.29 is 4.55 Å². The molecule has 1 aromatic carbocycles. The Kier molecular flexibility index (Phi) is 3.49. The zero-order valence-electron chi connectivity index (χ0n) is 12.1. The Labute approximate surface area is 135 Å². The largest absolute Gasteiger partial charge is 0.593 e. The predicted octanol–water partition coefficient (Wildman–Crippen LogP) is 1.49. The first kappa shape index (κ1) is 14.2. The summed E-state index contributed by atoms with van der Waals surface area (Å²) < 4.78 is 13.2. The van der Waals surface area contributed by atoms with Crippen LogP contribution in [0.1, 0.15) is 11.4 Å². The summed E-state index contributed by atoms with van der Waals surface area (Å²) in [7, 11) is 0. The molecule has 23 heavy (non-hydrogen) atoms. The summed E-state index contributed by atoms with van der Waals surface area (Å²) in [5.74, 6) is 2.38. The molecule has 7 nitrogen and oxygen atoms in total. The van der Waals surface area contributed by atoms with Crippen molar-refractivity contribution in [2.24, 2.45) is 5.14 Å². The van der Waals surface area contributed by atoms with Gasteiger partial charge in [0.2, 0.25) is 5.95 Å². The summed E-state index contributed by atoms with van der Waals surface area (Å²) >= 11 is -1.48. The number of nitrogens with two attached hydrogens (primary N) is 1. The molecule has 116 valence electrons. The number of aromatic nitrogens is 4. The highest BCUT2D eigenvalue weighted by Crippen LogP contribution is 2.23. The number of nitrogens with zero attached hydrogens (tertiary/aromatic N) is 4. The molecular formula is C15H14N6OS. The van der Waals surface area contributed by atoms with Crippen LogP contribution in [0.3, 0.4) is 0 Å². The zero-order chi connectivity index (χ0) is 15.8. The Bertz CT molecular complexity index is 845.